The van der Waals surface area contributed by atoms with Crippen molar-refractivity contribution in [2.24, 2.45) is 11.3 Å². The Bertz CT molecular complexity index is 240. The van der Waals surface area contributed by atoms with E-state index in [0.717, 1.165) is 11.9 Å². The third kappa shape index (κ3) is 5.77. The van der Waals surface area contributed by atoms with E-state index in [-0.39, 0.29) is 5.41 Å². The number of halogens is 1. The van der Waals surface area contributed by atoms with Crippen LogP contribution in [0.25, 0.3) is 0 Å². The van der Waals surface area contributed by atoms with Gasteiger partial charge in [0, 0.05) is 11.9 Å². The maximum Gasteiger partial charge on any atom is 0.0874 e. The van der Waals surface area contributed by atoms with E-state index in [4.69, 9.17) is 10.5 Å². The van der Waals surface area contributed by atoms with Crippen LogP contribution in [0, 0.1) is 34.0 Å². The van der Waals surface area contributed by atoms with Gasteiger partial charge in [0.15, 0.2) is 0 Å². The van der Waals surface area contributed by atoms with Crippen molar-refractivity contribution in [1.29, 1.82) is 10.5 Å². The molecule has 4 heteroatoms. The second-order valence-electron chi connectivity index (χ2n) is 4.70. The highest BCUT2D eigenvalue weighted by Gasteiger charge is 2.25. The monoisotopic (exact) mass is 271 g/mol. The van der Waals surface area contributed by atoms with Crippen molar-refractivity contribution < 1.29 is 0 Å². The smallest absolute Gasteiger partial charge is 0.0874 e. The van der Waals surface area contributed by atoms with E-state index in [2.05, 4.69) is 48.8 Å². The Labute approximate surface area is 101 Å². The standard InChI is InChI=1S/C11H18BrN3/c1-11(2,3)10(8-12)9-15(6-4-13)7-5-14/h10H,6-9H2,1-3H3. The molecular weight excluding hydrogens is 254 g/mol. The number of hydrogen-bond donors (Lipinski definition) is 0. The van der Waals surface area contributed by atoms with Crippen molar-refractivity contribution >= 4 is 15.9 Å². The Balaban J connectivity index is 4.37. The minimum Gasteiger partial charge on any atom is -0.277 e. The molecule has 0 heterocycles. The fraction of sp³-hybridized carbons (Fsp3) is 0.818. The molecule has 3 nitrogen and oxygen atoms in total. The molecule has 0 aromatic heterocycles. The molecule has 0 aliphatic rings. The van der Waals surface area contributed by atoms with Crippen LogP contribution in [-0.2, 0) is 0 Å². The summed E-state index contributed by atoms with van der Waals surface area (Å²) in [5, 5.41) is 18.2. The van der Waals surface area contributed by atoms with Crippen molar-refractivity contribution in [2.45, 2.75) is 20.8 Å². The number of alkyl halides is 1. The Kier molecular flexibility index (Phi) is 6.56. The number of nitriles is 2. The first-order chi connectivity index (χ1) is 6.95. The first-order valence-corrected chi connectivity index (χ1v) is 6.10. The molecular formula is C11H18BrN3. The SMILES string of the molecule is CC(C)(C)C(CBr)CN(CC#N)CC#N. The van der Waals surface area contributed by atoms with Gasteiger partial charge in [-0.25, -0.2) is 0 Å². The summed E-state index contributed by atoms with van der Waals surface area (Å²) in [4.78, 5) is 1.89. The predicted molar refractivity (Wildman–Crippen MR) is 64.4 cm³/mol. The van der Waals surface area contributed by atoms with E-state index >= 15 is 0 Å². The molecule has 0 bridgehead atoms. The summed E-state index contributed by atoms with van der Waals surface area (Å²) in [5.74, 6) is 0.444. The normalized spacial score (nSPS) is 13.3. The van der Waals surface area contributed by atoms with Gasteiger partial charge < -0.3 is 0 Å². The van der Waals surface area contributed by atoms with Crippen LogP contribution in [-0.4, -0.2) is 29.9 Å². The highest BCUT2D eigenvalue weighted by atomic mass is 79.9. The van der Waals surface area contributed by atoms with Gasteiger partial charge in [-0.15, -0.1) is 0 Å². The van der Waals surface area contributed by atoms with Gasteiger partial charge in [0.1, 0.15) is 0 Å². The molecule has 0 aliphatic carbocycles. The third-order valence-electron chi connectivity index (χ3n) is 2.48. The summed E-state index contributed by atoms with van der Waals surface area (Å²) in [7, 11) is 0. The molecule has 0 spiro atoms. The van der Waals surface area contributed by atoms with Crippen LogP contribution in [0.4, 0.5) is 0 Å². The van der Waals surface area contributed by atoms with E-state index in [0.29, 0.717) is 19.0 Å². The molecule has 0 aliphatic heterocycles. The van der Waals surface area contributed by atoms with Crippen molar-refractivity contribution in [3.05, 3.63) is 0 Å². The minimum atomic E-state index is 0.187. The van der Waals surface area contributed by atoms with Crippen LogP contribution in [0.15, 0.2) is 0 Å². The molecule has 0 N–H and O–H groups in total. The van der Waals surface area contributed by atoms with Gasteiger partial charge >= 0.3 is 0 Å². The van der Waals surface area contributed by atoms with Gasteiger partial charge in [-0.3, -0.25) is 4.90 Å². The summed E-state index contributed by atoms with van der Waals surface area (Å²) in [6, 6.07) is 4.19. The fourth-order valence-electron chi connectivity index (χ4n) is 1.25. The summed E-state index contributed by atoms with van der Waals surface area (Å²) in [6.45, 7) is 7.97. The van der Waals surface area contributed by atoms with Crippen LogP contribution in [0.5, 0.6) is 0 Å². The predicted octanol–water partition coefficient (Wildman–Crippen LogP) is 2.39. The number of hydrogen-bond acceptors (Lipinski definition) is 3. The molecule has 0 saturated heterocycles. The molecule has 0 fully saturated rings. The summed E-state index contributed by atoms with van der Waals surface area (Å²) in [6.07, 6.45) is 0. The first-order valence-electron chi connectivity index (χ1n) is 4.98. The zero-order chi connectivity index (χ0) is 11.9. The van der Waals surface area contributed by atoms with Crippen LogP contribution in [0.3, 0.4) is 0 Å². The number of nitrogens with zero attached hydrogens (tertiary/aromatic N) is 3. The largest absolute Gasteiger partial charge is 0.277 e. The Hall–Kier alpha value is -0.580. The Morgan fingerprint density at radius 3 is 1.93 bits per heavy atom. The highest BCUT2D eigenvalue weighted by molar-refractivity contribution is 9.09. The summed E-state index contributed by atoms with van der Waals surface area (Å²) >= 11 is 3.49. The molecule has 0 aromatic rings. The third-order valence-corrected chi connectivity index (χ3v) is 3.26. The van der Waals surface area contributed by atoms with E-state index in [1.807, 2.05) is 4.90 Å². The van der Waals surface area contributed by atoms with Crippen LogP contribution < -0.4 is 0 Å². The summed E-state index contributed by atoms with van der Waals surface area (Å²) < 4.78 is 0. The lowest BCUT2D eigenvalue weighted by molar-refractivity contribution is 0.189. The molecule has 0 rings (SSSR count). The molecule has 0 amide bonds. The molecule has 15 heavy (non-hydrogen) atoms. The van der Waals surface area contributed by atoms with Gasteiger partial charge in [-0.1, -0.05) is 36.7 Å². The molecule has 1 unspecified atom stereocenters. The van der Waals surface area contributed by atoms with E-state index in [1.54, 1.807) is 0 Å². The van der Waals surface area contributed by atoms with Gasteiger partial charge in [0.05, 0.1) is 25.2 Å². The Morgan fingerprint density at radius 2 is 1.67 bits per heavy atom. The van der Waals surface area contributed by atoms with Gasteiger partial charge in [-0.05, 0) is 11.3 Å². The second-order valence-corrected chi connectivity index (χ2v) is 5.35. The average Bonchev–Trinajstić information content (AvgIpc) is 2.12. The quantitative estimate of drug-likeness (QED) is 0.570. The maximum absolute atomic E-state index is 8.64. The Morgan fingerprint density at radius 1 is 1.20 bits per heavy atom. The summed E-state index contributed by atoms with van der Waals surface area (Å²) in [5.41, 5.74) is 0.187. The van der Waals surface area contributed by atoms with Gasteiger partial charge in [0.25, 0.3) is 0 Å². The van der Waals surface area contributed by atoms with Crippen LogP contribution in [0.1, 0.15) is 20.8 Å². The maximum atomic E-state index is 8.64. The van der Waals surface area contributed by atoms with Crippen molar-refractivity contribution in [3.8, 4) is 12.1 Å². The van der Waals surface area contributed by atoms with Crippen molar-refractivity contribution in [2.75, 3.05) is 25.0 Å². The van der Waals surface area contributed by atoms with Crippen molar-refractivity contribution in [3.63, 3.8) is 0 Å². The van der Waals surface area contributed by atoms with E-state index < -0.39 is 0 Å². The van der Waals surface area contributed by atoms with E-state index in [1.165, 1.54) is 0 Å². The second kappa shape index (κ2) is 6.82. The topological polar surface area (TPSA) is 50.8 Å². The zero-order valence-corrected chi connectivity index (χ0v) is 11.2. The van der Waals surface area contributed by atoms with Crippen LogP contribution in [0.2, 0.25) is 0 Å². The molecule has 1 atom stereocenters. The van der Waals surface area contributed by atoms with Gasteiger partial charge in [-0.2, -0.15) is 10.5 Å². The lowest BCUT2D eigenvalue weighted by Crippen LogP contribution is -2.37. The van der Waals surface area contributed by atoms with E-state index in [9.17, 15) is 0 Å². The molecule has 0 saturated carbocycles. The lowest BCUT2D eigenvalue weighted by atomic mass is 9.82. The minimum absolute atomic E-state index is 0.187. The molecule has 0 aromatic carbocycles. The zero-order valence-electron chi connectivity index (χ0n) is 9.63. The number of rotatable bonds is 5. The lowest BCUT2D eigenvalue weighted by Gasteiger charge is -2.32. The highest BCUT2D eigenvalue weighted by Crippen LogP contribution is 2.28. The average molecular weight is 272 g/mol. The molecule has 84 valence electrons. The van der Waals surface area contributed by atoms with Crippen molar-refractivity contribution in [1.82, 2.24) is 4.90 Å². The van der Waals surface area contributed by atoms with Gasteiger partial charge in [0.2, 0.25) is 0 Å². The first kappa shape index (κ1) is 14.4. The van der Waals surface area contributed by atoms with Crippen LogP contribution >= 0.6 is 15.9 Å². The fourth-order valence-corrected chi connectivity index (χ4v) is 2.43. The molecule has 0 radical (unpaired) electrons.